The van der Waals surface area contributed by atoms with Crippen molar-refractivity contribution in [3.63, 3.8) is 0 Å². The number of carbonyl (C=O) groups excluding carboxylic acids is 1. The Balaban J connectivity index is 2.22. The van der Waals surface area contributed by atoms with Crippen molar-refractivity contribution in [2.45, 2.75) is 13.0 Å². The molecule has 18 heavy (non-hydrogen) atoms. The van der Waals surface area contributed by atoms with Gasteiger partial charge in [0.15, 0.2) is 0 Å². The van der Waals surface area contributed by atoms with Gasteiger partial charge in [0.2, 0.25) is 0 Å². The lowest BCUT2D eigenvalue weighted by atomic mass is 10.2. The minimum absolute atomic E-state index is 0.0220. The molecule has 1 atom stereocenters. The highest BCUT2D eigenvalue weighted by molar-refractivity contribution is 7.10. The van der Waals surface area contributed by atoms with Crippen molar-refractivity contribution in [1.82, 2.24) is 9.88 Å². The molecule has 0 saturated carbocycles. The third-order valence-corrected chi connectivity index (χ3v) is 4.19. The SMILES string of the molecule is CC(c1cccs1)N(C)C(=O)c1cccnc1Cl. The maximum Gasteiger partial charge on any atom is 0.257 e. The number of hydrogen-bond acceptors (Lipinski definition) is 3. The van der Waals surface area contributed by atoms with E-state index in [1.807, 2.05) is 24.4 Å². The predicted octanol–water partition coefficient (Wildman–Crippen LogP) is 3.63. The van der Waals surface area contributed by atoms with Crippen LogP contribution in [0.2, 0.25) is 5.15 Å². The molecule has 0 aliphatic heterocycles. The van der Waals surface area contributed by atoms with Gasteiger partial charge in [-0.25, -0.2) is 4.98 Å². The molecule has 0 saturated heterocycles. The van der Waals surface area contributed by atoms with Crippen LogP contribution in [0.15, 0.2) is 35.8 Å². The molecule has 0 N–H and O–H groups in total. The Kier molecular flexibility index (Phi) is 3.99. The molecular formula is C13H13ClN2OS. The minimum atomic E-state index is -0.117. The number of rotatable bonds is 3. The van der Waals surface area contributed by atoms with Gasteiger partial charge in [-0.3, -0.25) is 4.79 Å². The van der Waals surface area contributed by atoms with Crippen molar-refractivity contribution in [3.8, 4) is 0 Å². The third-order valence-electron chi connectivity index (χ3n) is 2.85. The molecular weight excluding hydrogens is 268 g/mol. The molecule has 2 rings (SSSR count). The lowest BCUT2D eigenvalue weighted by Gasteiger charge is -2.24. The molecule has 0 fully saturated rings. The largest absolute Gasteiger partial charge is 0.334 e. The van der Waals surface area contributed by atoms with Crippen LogP contribution in [0.5, 0.6) is 0 Å². The van der Waals surface area contributed by atoms with Gasteiger partial charge < -0.3 is 4.90 Å². The van der Waals surface area contributed by atoms with Crippen molar-refractivity contribution in [2.75, 3.05) is 7.05 Å². The molecule has 2 aromatic rings. The molecule has 0 aliphatic carbocycles. The summed E-state index contributed by atoms with van der Waals surface area (Å²) in [6.45, 7) is 1.99. The smallest absolute Gasteiger partial charge is 0.257 e. The number of aromatic nitrogens is 1. The maximum absolute atomic E-state index is 12.3. The van der Waals surface area contributed by atoms with E-state index in [0.29, 0.717) is 5.56 Å². The Morgan fingerprint density at radius 3 is 2.83 bits per heavy atom. The summed E-state index contributed by atoms with van der Waals surface area (Å²) in [5.41, 5.74) is 0.435. The molecule has 1 amide bonds. The normalized spacial score (nSPS) is 12.2. The zero-order chi connectivity index (χ0) is 13.1. The first-order chi connectivity index (χ1) is 8.61. The zero-order valence-electron chi connectivity index (χ0n) is 10.1. The second-order valence-electron chi connectivity index (χ2n) is 3.95. The van der Waals surface area contributed by atoms with E-state index in [1.54, 1.807) is 41.6 Å². The molecule has 0 radical (unpaired) electrons. The number of halogens is 1. The molecule has 94 valence electrons. The van der Waals surface area contributed by atoms with Crippen molar-refractivity contribution < 1.29 is 4.79 Å². The first-order valence-electron chi connectivity index (χ1n) is 5.52. The fraction of sp³-hybridized carbons (Fsp3) is 0.231. The summed E-state index contributed by atoms with van der Waals surface area (Å²) in [5.74, 6) is -0.117. The Labute approximate surface area is 115 Å². The topological polar surface area (TPSA) is 33.2 Å². The monoisotopic (exact) mass is 280 g/mol. The van der Waals surface area contributed by atoms with Crippen LogP contribution >= 0.6 is 22.9 Å². The van der Waals surface area contributed by atoms with E-state index in [1.165, 1.54) is 0 Å². The number of carbonyl (C=O) groups is 1. The van der Waals surface area contributed by atoms with E-state index in [-0.39, 0.29) is 17.1 Å². The maximum atomic E-state index is 12.3. The van der Waals surface area contributed by atoms with Crippen LogP contribution in [-0.2, 0) is 0 Å². The Morgan fingerprint density at radius 2 is 2.22 bits per heavy atom. The van der Waals surface area contributed by atoms with Gasteiger partial charge in [-0.2, -0.15) is 0 Å². The summed E-state index contributed by atoms with van der Waals surface area (Å²) in [7, 11) is 1.77. The molecule has 0 aromatic carbocycles. The fourth-order valence-electron chi connectivity index (χ4n) is 1.63. The van der Waals surface area contributed by atoms with E-state index in [9.17, 15) is 4.79 Å². The molecule has 5 heteroatoms. The molecule has 0 spiro atoms. The van der Waals surface area contributed by atoms with Gasteiger partial charge in [-0.1, -0.05) is 17.7 Å². The second kappa shape index (κ2) is 5.50. The van der Waals surface area contributed by atoms with Gasteiger partial charge in [0, 0.05) is 18.1 Å². The average molecular weight is 281 g/mol. The number of amides is 1. The van der Waals surface area contributed by atoms with Crippen molar-refractivity contribution >= 4 is 28.8 Å². The first-order valence-corrected chi connectivity index (χ1v) is 6.78. The van der Waals surface area contributed by atoms with Gasteiger partial charge >= 0.3 is 0 Å². The van der Waals surface area contributed by atoms with Crippen LogP contribution < -0.4 is 0 Å². The fourth-order valence-corrected chi connectivity index (χ4v) is 2.66. The average Bonchev–Trinajstić information content (AvgIpc) is 2.90. The van der Waals surface area contributed by atoms with Gasteiger partial charge in [-0.15, -0.1) is 11.3 Å². The van der Waals surface area contributed by atoms with Gasteiger partial charge in [0.25, 0.3) is 5.91 Å². The van der Waals surface area contributed by atoms with Crippen molar-refractivity contribution in [3.05, 3.63) is 51.4 Å². The zero-order valence-corrected chi connectivity index (χ0v) is 11.7. The summed E-state index contributed by atoms with van der Waals surface area (Å²) in [6.07, 6.45) is 1.57. The highest BCUT2D eigenvalue weighted by Crippen LogP contribution is 2.25. The first kappa shape index (κ1) is 13.1. The van der Waals surface area contributed by atoms with E-state index in [4.69, 9.17) is 11.6 Å². The Bertz CT molecular complexity index is 542. The lowest BCUT2D eigenvalue weighted by Crippen LogP contribution is -2.29. The van der Waals surface area contributed by atoms with Crippen LogP contribution in [0.3, 0.4) is 0 Å². The summed E-state index contributed by atoms with van der Waals surface area (Å²) >= 11 is 7.57. The molecule has 2 heterocycles. The number of nitrogens with zero attached hydrogens (tertiary/aromatic N) is 2. The van der Waals surface area contributed by atoms with Gasteiger partial charge in [0.05, 0.1) is 11.6 Å². The van der Waals surface area contributed by atoms with Gasteiger partial charge in [0.1, 0.15) is 5.15 Å². The van der Waals surface area contributed by atoms with Crippen LogP contribution in [-0.4, -0.2) is 22.8 Å². The van der Waals surface area contributed by atoms with E-state index >= 15 is 0 Å². The van der Waals surface area contributed by atoms with Crippen LogP contribution in [0, 0.1) is 0 Å². The number of thiophene rings is 1. The van der Waals surface area contributed by atoms with Crippen molar-refractivity contribution in [2.24, 2.45) is 0 Å². The molecule has 0 aliphatic rings. The van der Waals surface area contributed by atoms with Crippen LogP contribution in [0.4, 0.5) is 0 Å². The molecule has 1 unspecified atom stereocenters. The summed E-state index contributed by atoms with van der Waals surface area (Å²) in [5, 5.41) is 2.24. The molecule has 0 bridgehead atoms. The Morgan fingerprint density at radius 1 is 1.44 bits per heavy atom. The quantitative estimate of drug-likeness (QED) is 0.805. The van der Waals surface area contributed by atoms with Gasteiger partial charge in [-0.05, 0) is 30.5 Å². The van der Waals surface area contributed by atoms with E-state index in [0.717, 1.165) is 4.88 Å². The molecule has 2 aromatic heterocycles. The van der Waals surface area contributed by atoms with E-state index in [2.05, 4.69) is 4.98 Å². The summed E-state index contributed by atoms with van der Waals surface area (Å²) in [4.78, 5) is 19.1. The standard InChI is InChI=1S/C13H13ClN2OS/c1-9(11-6-4-8-18-11)16(2)13(17)10-5-3-7-15-12(10)14/h3-9H,1-2H3. The highest BCUT2D eigenvalue weighted by Gasteiger charge is 2.21. The van der Waals surface area contributed by atoms with Crippen molar-refractivity contribution in [1.29, 1.82) is 0 Å². The third kappa shape index (κ3) is 2.54. The van der Waals surface area contributed by atoms with Crippen LogP contribution in [0.1, 0.15) is 28.2 Å². The molecule has 3 nitrogen and oxygen atoms in total. The summed E-state index contributed by atoms with van der Waals surface area (Å²) in [6, 6.07) is 7.42. The predicted molar refractivity (Wildman–Crippen MR) is 74.1 cm³/mol. The van der Waals surface area contributed by atoms with E-state index < -0.39 is 0 Å². The lowest BCUT2D eigenvalue weighted by molar-refractivity contribution is 0.0744. The highest BCUT2D eigenvalue weighted by atomic mass is 35.5. The second-order valence-corrected chi connectivity index (χ2v) is 5.29. The summed E-state index contributed by atoms with van der Waals surface area (Å²) < 4.78 is 0. The minimum Gasteiger partial charge on any atom is -0.334 e. The number of hydrogen-bond donors (Lipinski definition) is 0. The Hall–Kier alpha value is -1.39. The van der Waals surface area contributed by atoms with Crippen LogP contribution in [0.25, 0.3) is 0 Å². The number of pyridine rings is 1.